The van der Waals surface area contributed by atoms with Gasteiger partial charge in [0.2, 0.25) is 11.8 Å². The van der Waals surface area contributed by atoms with Crippen LogP contribution in [0.25, 0.3) is 0 Å². The van der Waals surface area contributed by atoms with Gasteiger partial charge in [-0.1, -0.05) is 13.8 Å². The molecule has 0 spiro atoms. The molecule has 1 rings (SSSR count). The number of carboxylic acid groups (broad SMARTS) is 1. The molecular formula is C12H21N3O4. The first-order valence-corrected chi connectivity index (χ1v) is 6.41. The lowest BCUT2D eigenvalue weighted by atomic mass is 10.0. The molecular weight excluding hydrogens is 250 g/mol. The molecule has 0 radical (unpaired) electrons. The molecule has 19 heavy (non-hydrogen) atoms. The van der Waals surface area contributed by atoms with Crippen molar-refractivity contribution >= 4 is 17.8 Å². The van der Waals surface area contributed by atoms with Gasteiger partial charge in [-0.2, -0.15) is 0 Å². The Balaban J connectivity index is 2.71. The first kappa shape index (κ1) is 15.4. The van der Waals surface area contributed by atoms with Gasteiger partial charge in [-0.25, -0.2) is 4.79 Å². The number of likely N-dealkylation sites (tertiary alicyclic amines) is 1. The second-order valence-corrected chi connectivity index (χ2v) is 5.02. The van der Waals surface area contributed by atoms with E-state index in [0.29, 0.717) is 13.0 Å². The monoisotopic (exact) mass is 271 g/mol. The second kappa shape index (κ2) is 6.51. The fourth-order valence-corrected chi connectivity index (χ4v) is 2.22. The van der Waals surface area contributed by atoms with Crippen molar-refractivity contribution in [3.8, 4) is 0 Å². The average Bonchev–Trinajstić information content (AvgIpc) is 2.82. The summed E-state index contributed by atoms with van der Waals surface area (Å²) < 4.78 is 0. The lowest BCUT2D eigenvalue weighted by Gasteiger charge is -2.26. The number of aliphatic carboxylic acids is 1. The van der Waals surface area contributed by atoms with Crippen molar-refractivity contribution in [1.82, 2.24) is 10.2 Å². The SMILES string of the molecule is CC(C)[C@H](NC(=O)[C@@H]1CCCN1C(=O)CN)C(=O)O. The molecule has 0 saturated carbocycles. The molecule has 7 heteroatoms. The van der Waals surface area contributed by atoms with Crippen molar-refractivity contribution in [3.63, 3.8) is 0 Å². The Morgan fingerprint density at radius 3 is 2.53 bits per heavy atom. The van der Waals surface area contributed by atoms with Crippen LogP contribution >= 0.6 is 0 Å². The predicted octanol–water partition coefficient (Wildman–Crippen LogP) is -0.838. The standard InChI is InChI=1S/C12H21N3O4/c1-7(2)10(12(18)19)14-11(17)8-4-3-5-15(8)9(16)6-13/h7-8,10H,3-6,13H2,1-2H3,(H,14,17)(H,18,19)/t8-,10-/m0/s1. The Morgan fingerprint density at radius 1 is 1.42 bits per heavy atom. The second-order valence-electron chi connectivity index (χ2n) is 5.02. The lowest BCUT2D eigenvalue weighted by molar-refractivity contribution is -0.144. The Labute approximate surface area is 112 Å². The minimum Gasteiger partial charge on any atom is -0.480 e. The molecule has 0 unspecified atom stereocenters. The summed E-state index contributed by atoms with van der Waals surface area (Å²) in [7, 11) is 0. The molecule has 2 atom stereocenters. The number of carbonyl (C=O) groups excluding carboxylic acids is 2. The van der Waals surface area contributed by atoms with Crippen LogP contribution in [0, 0.1) is 5.92 Å². The third kappa shape index (κ3) is 3.66. The highest BCUT2D eigenvalue weighted by molar-refractivity contribution is 5.91. The van der Waals surface area contributed by atoms with Crippen molar-refractivity contribution < 1.29 is 19.5 Å². The van der Waals surface area contributed by atoms with Gasteiger partial charge in [-0.15, -0.1) is 0 Å². The van der Waals surface area contributed by atoms with Crippen LogP contribution in [0.5, 0.6) is 0 Å². The van der Waals surface area contributed by atoms with Gasteiger partial charge in [0.25, 0.3) is 0 Å². The van der Waals surface area contributed by atoms with Crippen molar-refractivity contribution in [2.45, 2.75) is 38.8 Å². The highest BCUT2D eigenvalue weighted by atomic mass is 16.4. The molecule has 1 fully saturated rings. The van der Waals surface area contributed by atoms with Crippen molar-refractivity contribution in [1.29, 1.82) is 0 Å². The van der Waals surface area contributed by atoms with Gasteiger partial charge in [-0.3, -0.25) is 9.59 Å². The van der Waals surface area contributed by atoms with E-state index in [4.69, 9.17) is 10.8 Å². The zero-order valence-corrected chi connectivity index (χ0v) is 11.3. The van der Waals surface area contributed by atoms with E-state index in [0.717, 1.165) is 6.42 Å². The van der Waals surface area contributed by atoms with Gasteiger partial charge in [0.15, 0.2) is 0 Å². The van der Waals surface area contributed by atoms with Crippen LogP contribution in [0.15, 0.2) is 0 Å². The van der Waals surface area contributed by atoms with Crippen molar-refractivity contribution in [3.05, 3.63) is 0 Å². The van der Waals surface area contributed by atoms with Crippen LogP contribution in [0.4, 0.5) is 0 Å². The molecule has 0 aromatic rings. The van der Waals surface area contributed by atoms with Crippen molar-refractivity contribution in [2.24, 2.45) is 11.7 Å². The Hall–Kier alpha value is -1.63. The van der Waals surface area contributed by atoms with E-state index in [9.17, 15) is 14.4 Å². The van der Waals surface area contributed by atoms with E-state index in [1.165, 1.54) is 4.90 Å². The van der Waals surface area contributed by atoms with Gasteiger partial charge in [-0.05, 0) is 18.8 Å². The zero-order chi connectivity index (χ0) is 14.6. The maximum atomic E-state index is 12.1. The summed E-state index contributed by atoms with van der Waals surface area (Å²) >= 11 is 0. The lowest BCUT2D eigenvalue weighted by Crippen LogP contribution is -2.53. The number of carboxylic acids is 1. The topological polar surface area (TPSA) is 113 Å². The summed E-state index contributed by atoms with van der Waals surface area (Å²) in [5.41, 5.74) is 5.29. The van der Waals surface area contributed by atoms with Crippen molar-refractivity contribution in [2.75, 3.05) is 13.1 Å². The van der Waals surface area contributed by atoms with E-state index >= 15 is 0 Å². The smallest absolute Gasteiger partial charge is 0.326 e. The maximum Gasteiger partial charge on any atom is 0.326 e. The van der Waals surface area contributed by atoms with E-state index in [1.54, 1.807) is 13.8 Å². The number of nitrogens with zero attached hydrogens (tertiary/aromatic N) is 1. The summed E-state index contributed by atoms with van der Waals surface area (Å²) in [5.74, 6) is -1.99. The summed E-state index contributed by atoms with van der Waals surface area (Å²) in [4.78, 5) is 36.1. The zero-order valence-electron chi connectivity index (χ0n) is 11.3. The fraction of sp³-hybridized carbons (Fsp3) is 0.750. The molecule has 2 amide bonds. The molecule has 1 heterocycles. The molecule has 0 bridgehead atoms. The molecule has 108 valence electrons. The first-order valence-electron chi connectivity index (χ1n) is 6.41. The first-order chi connectivity index (χ1) is 8.88. The molecule has 1 aliphatic rings. The minimum atomic E-state index is -1.07. The Morgan fingerprint density at radius 2 is 2.05 bits per heavy atom. The largest absolute Gasteiger partial charge is 0.480 e. The predicted molar refractivity (Wildman–Crippen MR) is 68.2 cm³/mol. The summed E-state index contributed by atoms with van der Waals surface area (Å²) in [5, 5.41) is 11.5. The van der Waals surface area contributed by atoms with Gasteiger partial charge in [0, 0.05) is 6.54 Å². The van der Waals surface area contributed by atoms with E-state index < -0.39 is 24.0 Å². The van der Waals surface area contributed by atoms with Crippen LogP contribution < -0.4 is 11.1 Å². The van der Waals surface area contributed by atoms with Crippen LogP contribution in [-0.2, 0) is 14.4 Å². The number of hydrogen-bond donors (Lipinski definition) is 3. The van der Waals surface area contributed by atoms with Gasteiger partial charge >= 0.3 is 5.97 Å². The average molecular weight is 271 g/mol. The van der Waals surface area contributed by atoms with Crippen LogP contribution in [0.2, 0.25) is 0 Å². The molecule has 7 nitrogen and oxygen atoms in total. The third-order valence-electron chi connectivity index (χ3n) is 3.28. The quantitative estimate of drug-likeness (QED) is 0.603. The number of rotatable bonds is 5. The fourth-order valence-electron chi connectivity index (χ4n) is 2.22. The summed E-state index contributed by atoms with van der Waals surface area (Å²) in [6.45, 7) is 3.79. The minimum absolute atomic E-state index is 0.143. The summed E-state index contributed by atoms with van der Waals surface area (Å²) in [6.07, 6.45) is 1.27. The van der Waals surface area contributed by atoms with Crippen LogP contribution in [0.1, 0.15) is 26.7 Å². The maximum absolute atomic E-state index is 12.1. The number of nitrogens with two attached hydrogens (primary N) is 1. The third-order valence-corrected chi connectivity index (χ3v) is 3.28. The summed E-state index contributed by atoms with van der Waals surface area (Å²) in [6, 6.07) is -1.54. The van der Waals surface area contributed by atoms with E-state index in [1.807, 2.05) is 0 Å². The van der Waals surface area contributed by atoms with Gasteiger partial charge in [0.1, 0.15) is 12.1 Å². The Bertz CT molecular complexity index is 370. The van der Waals surface area contributed by atoms with Crippen LogP contribution in [-0.4, -0.2) is 53.0 Å². The highest BCUT2D eigenvalue weighted by Crippen LogP contribution is 2.18. The number of nitrogens with one attached hydrogen (secondary N) is 1. The van der Waals surface area contributed by atoms with E-state index in [2.05, 4.69) is 5.32 Å². The number of carbonyl (C=O) groups is 3. The molecule has 1 aliphatic heterocycles. The molecule has 1 saturated heterocycles. The Kier molecular flexibility index (Phi) is 5.29. The molecule has 4 N–H and O–H groups in total. The molecule has 0 aromatic heterocycles. The van der Waals surface area contributed by atoms with Crippen LogP contribution in [0.3, 0.4) is 0 Å². The number of amides is 2. The van der Waals surface area contributed by atoms with Gasteiger partial charge < -0.3 is 21.1 Å². The molecule has 0 aliphatic carbocycles. The normalized spacial score (nSPS) is 20.4. The van der Waals surface area contributed by atoms with E-state index in [-0.39, 0.29) is 18.4 Å². The molecule has 0 aromatic carbocycles. The van der Waals surface area contributed by atoms with Gasteiger partial charge in [0.05, 0.1) is 6.54 Å². The highest BCUT2D eigenvalue weighted by Gasteiger charge is 2.35. The number of hydrogen-bond acceptors (Lipinski definition) is 4.